The third-order valence-corrected chi connectivity index (χ3v) is 5.19. The minimum absolute atomic E-state index is 0.283. The van der Waals surface area contributed by atoms with Gasteiger partial charge in [0.25, 0.3) is 0 Å². The molecule has 1 atom stereocenters. The first-order valence-corrected chi connectivity index (χ1v) is 9.55. The number of alkyl halides is 3. The van der Waals surface area contributed by atoms with E-state index in [1.165, 1.54) is 23.9 Å². The third-order valence-electron chi connectivity index (χ3n) is 4.10. The summed E-state index contributed by atoms with van der Waals surface area (Å²) in [5, 5.41) is 2.99. The summed E-state index contributed by atoms with van der Waals surface area (Å²) >= 11 is 1.34. The third kappa shape index (κ3) is 5.51. The molecular weight excluding hydrogens is 375 g/mol. The minimum Gasteiger partial charge on any atom is -0.325 e. The van der Waals surface area contributed by atoms with Crippen LogP contribution in [0.25, 0.3) is 0 Å². The van der Waals surface area contributed by atoms with Gasteiger partial charge in [-0.1, -0.05) is 25.6 Å². The van der Waals surface area contributed by atoms with Gasteiger partial charge in [-0.3, -0.25) is 4.79 Å². The van der Waals surface area contributed by atoms with Gasteiger partial charge in [-0.05, 0) is 51.0 Å². The Labute approximate surface area is 161 Å². The lowest BCUT2D eigenvalue weighted by molar-refractivity contribution is -0.137. The summed E-state index contributed by atoms with van der Waals surface area (Å²) in [6.45, 7) is 10.7. The zero-order valence-corrected chi connectivity index (χ0v) is 16.8. The Balaban J connectivity index is 2.07. The molecule has 0 aliphatic heterocycles. The van der Waals surface area contributed by atoms with Crippen molar-refractivity contribution in [1.29, 1.82) is 0 Å². The van der Waals surface area contributed by atoms with Crippen molar-refractivity contribution in [2.24, 2.45) is 5.92 Å². The number of benzene rings is 1. The molecule has 0 spiro atoms. The fraction of sp³-hybridized carbons (Fsp3) is 0.474. The second-order valence-electron chi connectivity index (χ2n) is 6.89. The number of anilines is 1. The number of thioether (sulfide) groups is 1. The number of amides is 1. The van der Waals surface area contributed by atoms with Crippen LogP contribution in [0.2, 0.25) is 0 Å². The molecule has 4 nitrogen and oxygen atoms in total. The highest BCUT2D eigenvalue weighted by molar-refractivity contribution is 8.00. The van der Waals surface area contributed by atoms with Crippen LogP contribution in [0.5, 0.6) is 0 Å². The fourth-order valence-electron chi connectivity index (χ4n) is 2.49. The minimum atomic E-state index is -4.39. The van der Waals surface area contributed by atoms with Crippen molar-refractivity contribution in [1.82, 2.24) is 9.55 Å². The maximum Gasteiger partial charge on any atom is 0.416 e. The number of nitrogens with zero attached hydrogens (tertiary/aromatic N) is 2. The lowest BCUT2D eigenvalue weighted by atomic mass is 10.2. The maximum absolute atomic E-state index is 12.6. The summed E-state index contributed by atoms with van der Waals surface area (Å²) in [6, 6.07) is 4.42. The zero-order valence-electron chi connectivity index (χ0n) is 16.0. The Hall–Kier alpha value is -1.96. The highest BCUT2D eigenvalue weighted by Gasteiger charge is 2.30. The summed E-state index contributed by atoms with van der Waals surface area (Å²) < 4.78 is 39.9. The van der Waals surface area contributed by atoms with Gasteiger partial charge in [-0.2, -0.15) is 13.2 Å². The van der Waals surface area contributed by atoms with Crippen molar-refractivity contribution in [3.8, 4) is 0 Å². The number of imidazole rings is 1. The van der Waals surface area contributed by atoms with E-state index in [-0.39, 0.29) is 5.91 Å². The Morgan fingerprint density at radius 2 is 1.78 bits per heavy atom. The van der Waals surface area contributed by atoms with Crippen molar-refractivity contribution < 1.29 is 18.0 Å². The van der Waals surface area contributed by atoms with Crippen LogP contribution in [-0.4, -0.2) is 20.7 Å². The fourth-order valence-corrected chi connectivity index (χ4v) is 3.50. The molecule has 0 aliphatic rings. The van der Waals surface area contributed by atoms with Crippen molar-refractivity contribution in [3.05, 3.63) is 41.2 Å². The molecule has 8 heteroatoms. The monoisotopic (exact) mass is 399 g/mol. The van der Waals surface area contributed by atoms with Gasteiger partial charge >= 0.3 is 6.18 Å². The average molecular weight is 399 g/mol. The first-order chi connectivity index (χ1) is 12.5. The van der Waals surface area contributed by atoms with Crippen LogP contribution in [0.15, 0.2) is 29.4 Å². The van der Waals surface area contributed by atoms with Crippen molar-refractivity contribution >= 4 is 23.4 Å². The number of carbonyl (C=O) groups is 1. The number of aryl methyl sites for hydroxylation is 1. The van der Waals surface area contributed by atoms with Gasteiger partial charge in [0.15, 0.2) is 5.16 Å². The largest absolute Gasteiger partial charge is 0.416 e. The molecule has 148 valence electrons. The van der Waals surface area contributed by atoms with E-state index < -0.39 is 17.0 Å². The highest BCUT2D eigenvalue weighted by Crippen LogP contribution is 2.30. The molecule has 1 heterocycles. The van der Waals surface area contributed by atoms with Crippen LogP contribution in [0.1, 0.15) is 37.7 Å². The van der Waals surface area contributed by atoms with E-state index >= 15 is 0 Å². The predicted molar refractivity (Wildman–Crippen MR) is 102 cm³/mol. The Bertz CT molecular complexity index is 798. The molecule has 0 bridgehead atoms. The van der Waals surface area contributed by atoms with Crippen LogP contribution in [0.4, 0.5) is 18.9 Å². The van der Waals surface area contributed by atoms with Crippen LogP contribution in [0.3, 0.4) is 0 Å². The summed E-state index contributed by atoms with van der Waals surface area (Å²) in [5.41, 5.74) is 1.58. The SMILES string of the molecule is Cc1nc(S[C@H](C)C(=O)Nc2ccc(C(F)(F)F)cc2)n(CC(C)C)c1C. The lowest BCUT2D eigenvalue weighted by Crippen LogP contribution is -2.23. The maximum atomic E-state index is 12.6. The van der Waals surface area contributed by atoms with Gasteiger partial charge in [-0.25, -0.2) is 4.98 Å². The number of aromatic nitrogens is 2. The van der Waals surface area contributed by atoms with Gasteiger partial charge < -0.3 is 9.88 Å². The van der Waals surface area contributed by atoms with Gasteiger partial charge in [0.1, 0.15) is 0 Å². The van der Waals surface area contributed by atoms with Crippen LogP contribution in [0, 0.1) is 19.8 Å². The van der Waals surface area contributed by atoms with E-state index in [1.54, 1.807) is 6.92 Å². The molecule has 2 rings (SSSR count). The molecule has 1 amide bonds. The topological polar surface area (TPSA) is 46.9 Å². The second-order valence-corrected chi connectivity index (χ2v) is 8.20. The van der Waals surface area contributed by atoms with Gasteiger partial charge in [0, 0.05) is 17.9 Å². The summed E-state index contributed by atoms with van der Waals surface area (Å²) in [6.07, 6.45) is -4.39. The lowest BCUT2D eigenvalue weighted by Gasteiger charge is -2.15. The van der Waals surface area contributed by atoms with E-state index in [0.717, 1.165) is 35.2 Å². The van der Waals surface area contributed by atoms with Crippen molar-refractivity contribution in [2.45, 2.75) is 57.7 Å². The van der Waals surface area contributed by atoms with Gasteiger partial charge in [0.2, 0.25) is 5.91 Å². The highest BCUT2D eigenvalue weighted by atomic mass is 32.2. The van der Waals surface area contributed by atoms with Crippen molar-refractivity contribution in [3.63, 3.8) is 0 Å². The Morgan fingerprint density at radius 3 is 2.30 bits per heavy atom. The predicted octanol–water partition coefficient (Wildman–Crippen LogP) is 5.29. The molecule has 27 heavy (non-hydrogen) atoms. The molecule has 0 saturated heterocycles. The smallest absolute Gasteiger partial charge is 0.325 e. The molecule has 2 aromatic rings. The zero-order chi connectivity index (χ0) is 20.4. The van der Waals surface area contributed by atoms with E-state index in [9.17, 15) is 18.0 Å². The van der Waals surface area contributed by atoms with E-state index in [2.05, 4.69) is 28.7 Å². The molecule has 1 aromatic heterocycles. The first-order valence-electron chi connectivity index (χ1n) is 8.67. The van der Waals surface area contributed by atoms with Gasteiger partial charge in [-0.15, -0.1) is 0 Å². The molecule has 0 unspecified atom stereocenters. The summed E-state index contributed by atoms with van der Waals surface area (Å²) in [5.74, 6) is 0.155. The standard InChI is InChI=1S/C19H24F3N3OS/c1-11(2)10-25-13(4)12(3)23-18(25)27-14(5)17(26)24-16-8-6-15(7-9-16)19(20,21)22/h6-9,11,14H,10H2,1-5H3,(H,24,26)/t14-/m1/s1. The van der Waals surface area contributed by atoms with E-state index in [1.807, 2.05) is 13.8 Å². The van der Waals surface area contributed by atoms with Crippen LogP contribution >= 0.6 is 11.8 Å². The molecule has 0 saturated carbocycles. The number of carbonyl (C=O) groups excluding carboxylic acids is 1. The van der Waals surface area contributed by atoms with E-state index in [4.69, 9.17) is 0 Å². The second kappa shape index (κ2) is 8.37. The molecule has 0 aliphatic carbocycles. The Morgan fingerprint density at radius 1 is 1.19 bits per heavy atom. The normalized spacial score (nSPS) is 13.1. The van der Waals surface area contributed by atoms with Gasteiger partial charge in [0.05, 0.1) is 16.5 Å². The molecule has 0 radical (unpaired) electrons. The summed E-state index contributed by atoms with van der Waals surface area (Å²) in [4.78, 5) is 17.0. The number of halogens is 3. The van der Waals surface area contributed by atoms with Crippen LogP contribution < -0.4 is 5.32 Å². The first kappa shape index (κ1) is 21.3. The number of hydrogen-bond donors (Lipinski definition) is 1. The molecule has 1 N–H and O–H groups in total. The molecule has 0 fully saturated rings. The van der Waals surface area contributed by atoms with Crippen molar-refractivity contribution in [2.75, 3.05) is 5.32 Å². The Kier molecular flexibility index (Phi) is 6.62. The van der Waals surface area contributed by atoms with E-state index in [0.29, 0.717) is 11.6 Å². The number of nitrogens with one attached hydrogen (secondary N) is 1. The molecular formula is C19H24F3N3OS. The van der Waals surface area contributed by atoms with Crippen LogP contribution in [-0.2, 0) is 17.5 Å². The summed E-state index contributed by atoms with van der Waals surface area (Å²) in [7, 11) is 0. The number of rotatable bonds is 6. The number of hydrogen-bond acceptors (Lipinski definition) is 3. The molecule has 1 aromatic carbocycles. The average Bonchev–Trinajstić information content (AvgIpc) is 2.81. The quantitative estimate of drug-likeness (QED) is 0.671.